The van der Waals surface area contributed by atoms with E-state index in [1.807, 2.05) is 66.7 Å². The number of nitrogens with two attached hydrogens (primary N) is 1. The minimum absolute atomic E-state index is 0.305. The van der Waals surface area contributed by atoms with E-state index in [1.54, 1.807) is 0 Å². The van der Waals surface area contributed by atoms with Gasteiger partial charge < -0.3 is 15.6 Å². The van der Waals surface area contributed by atoms with Crippen LogP contribution in [-0.2, 0) is 17.6 Å². The Balaban J connectivity index is 1.58. The van der Waals surface area contributed by atoms with E-state index in [1.165, 1.54) is 0 Å². The Morgan fingerprint density at radius 1 is 0.964 bits per heavy atom. The second kappa shape index (κ2) is 7.30. The highest BCUT2D eigenvalue weighted by molar-refractivity contribution is 6.30. The summed E-state index contributed by atoms with van der Waals surface area (Å²) in [5.74, 6) is 0.419. The summed E-state index contributed by atoms with van der Waals surface area (Å²) in [6.45, 7) is 0. The van der Waals surface area contributed by atoms with E-state index >= 15 is 0 Å². The summed E-state index contributed by atoms with van der Waals surface area (Å²) < 4.78 is 6.04. The number of hydrogen-bond donors (Lipinski definition) is 2. The lowest BCUT2D eigenvalue weighted by atomic mass is 9.78. The molecule has 1 unspecified atom stereocenters. The molecule has 1 atom stereocenters. The Morgan fingerprint density at radius 3 is 2.46 bits per heavy atom. The largest absolute Gasteiger partial charge is 0.480 e. The monoisotopic (exact) mass is 393 g/mol. The lowest BCUT2D eigenvalue weighted by Crippen LogP contribution is -2.52. The number of carbonyl (C=O) groups is 1. The number of halogens is 1. The highest BCUT2D eigenvalue weighted by Gasteiger charge is 2.37. The number of ether oxygens (including phenoxy) is 1. The predicted octanol–water partition coefficient (Wildman–Crippen LogP) is 5.07. The van der Waals surface area contributed by atoms with Crippen LogP contribution in [0.15, 0.2) is 66.7 Å². The average Bonchev–Trinajstić information content (AvgIpc) is 2.68. The van der Waals surface area contributed by atoms with Crippen LogP contribution >= 0.6 is 11.6 Å². The molecule has 142 valence electrons. The molecule has 4 nitrogen and oxygen atoms in total. The van der Waals surface area contributed by atoms with Gasteiger partial charge in [-0.05, 0) is 71.5 Å². The quantitative estimate of drug-likeness (QED) is 0.649. The van der Waals surface area contributed by atoms with Crippen molar-refractivity contribution in [3.05, 3.63) is 82.9 Å². The Labute approximate surface area is 168 Å². The standard InChI is InChI=1S/C23H20ClNO3/c24-19-7-4-15(5-8-19)17-2-1-3-20(12-17)28-21-9-6-16-10-11-23(25,22(26)27)14-18(16)13-21/h1-9,12-13H,10-11,14,25H2,(H,26,27). The van der Waals surface area contributed by atoms with Gasteiger partial charge in [-0.15, -0.1) is 0 Å². The first-order chi connectivity index (χ1) is 13.4. The molecule has 0 fully saturated rings. The van der Waals surface area contributed by atoms with Crippen LogP contribution in [0.3, 0.4) is 0 Å². The van der Waals surface area contributed by atoms with Gasteiger partial charge in [0.2, 0.25) is 0 Å². The molecule has 0 aliphatic heterocycles. The zero-order chi connectivity index (χ0) is 19.7. The van der Waals surface area contributed by atoms with E-state index in [4.69, 9.17) is 22.1 Å². The fourth-order valence-corrected chi connectivity index (χ4v) is 3.69. The summed E-state index contributed by atoms with van der Waals surface area (Å²) in [6, 6.07) is 21.3. The number of aliphatic carboxylic acids is 1. The van der Waals surface area contributed by atoms with Gasteiger partial charge in [-0.1, -0.05) is 41.9 Å². The minimum atomic E-state index is -1.21. The van der Waals surface area contributed by atoms with Crippen molar-refractivity contribution in [3.63, 3.8) is 0 Å². The number of hydrogen-bond acceptors (Lipinski definition) is 3. The fourth-order valence-electron chi connectivity index (χ4n) is 3.56. The molecule has 0 saturated heterocycles. The van der Waals surface area contributed by atoms with Crippen molar-refractivity contribution in [2.24, 2.45) is 5.73 Å². The van der Waals surface area contributed by atoms with E-state index in [0.717, 1.165) is 22.3 Å². The molecule has 0 radical (unpaired) electrons. The number of rotatable bonds is 4. The molecule has 0 aromatic heterocycles. The summed E-state index contributed by atoms with van der Waals surface area (Å²) in [7, 11) is 0. The normalized spacial score (nSPS) is 18.4. The van der Waals surface area contributed by atoms with Crippen molar-refractivity contribution >= 4 is 17.6 Å². The minimum Gasteiger partial charge on any atom is -0.480 e. The van der Waals surface area contributed by atoms with Gasteiger partial charge in [0.1, 0.15) is 17.0 Å². The molecular weight excluding hydrogens is 374 g/mol. The molecule has 0 bridgehead atoms. The lowest BCUT2D eigenvalue weighted by molar-refractivity contribution is -0.143. The topological polar surface area (TPSA) is 72.6 Å². The van der Waals surface area contributed by atoms with Crippen molar-refractivity contribution in [1.29, 1.82) is 0 Å². The second-order valence-electron chi connectivity index (χ2n) is 7.21. The third-order valence-corrected chi connectivity index (χ3v) is 5.45. The molecule has 0 spiro atoms. The fraction of sp³-hybridized carbons (Fsp3) is 0.174. The summed E-state index contributed by atoms with van der Waals surface area (Å²) in [5.41, 5.74) is 9.00. The van der Waals surface area contributed by atoms with Crippen LogP contribution in [0.2, 0.25) is 5.02 Å². The molecule has 0 amide bonds. The molecule has 3 aromatic carbocycles. The Morgan fingerprint density at radius 2 is 1.71 bits per heavy atom. The van der Waals surface area contributed by atoms with E-state index in [0.29, 0.717) is 35.8 Å². The molecular formula is C23H20ClNO3. The highest BCUT2D eigenvalue weighted by Crippen LogP contribution is 2.33. The highest BCUT2D eigenvalue weighted by atomic mass is 35.5. The van der Waals surface area contributed by atoms with Crippen molar-refractivity contribution in [2.45, 2.75) is 24.8 Å². The molecule has 4 rings (SSSR count). The first kappa shape index (κ1) is 18.5. The number of fused-ring (bicyclic) bond motifs is 1. The van der Waals surface area contributed by atoms with Gasteiger partial charge in [0.25, 0.3) is 0 Å². The zero-order valence-corrected chi connectivity index (χ0v) is 15.9. The first-order valence-corrected chi connectivity index (χ1v) is 9.49. The molecule has 3 aromatic rings. The first-order valence-electron chi connectivity index (χ1n) is 9.11. The number of aryl methyl sites for hydroxylation is 1. The molecule has 5 heteroatoms. The number of carboxylic acid groups (broad SMARTS) is 1. The summed E-state index contributed by atoms with van der Waals surface area (Å²) in [6.07, 6.45) is 1.41. The Bertz CT molecular complexity index is 1030. The second-order valence-corrected chi connectivity index (χ2v) is 7.64. The zero-order valence-electron chi connectivity index (χ0n) is 15.2. The van der Waals surface area contributed by atoms with Crippen molar-refractivity contribution in [2.75, 3.05) is 0 Å². The summed E-state index contributed by atoms with van der Waals surface area (Å²) in [5, 5.41) is 10.1. The van der Waals surface area contributed by atoms with E-state index in [9.17, 15) is 9.90 Å². The van der Waals surface area contributed by atoms with Crippen molar-refractivity contribution in [3.8, 4) is 22.6 Å². The van der Waals surface area contributed by atoms with Crippen LogP contribution in [0.5, 0.6) is 11.5 Å². The Hall–Kier alpha value is -2.82. The molecule has 1 aliphatic carbocycles. The number of benzene rings is 3. The summed E-state index contributed by atoms with van der Waals surface area (Å²) in [4.78, 5) is 11.5. The average molecular weight is 394 g/mol. The van der Waals surface area contributed by atoms with Crippen LogP contribution in [0, 0.1) is 0 Å². The molecule has 3 N–H and O–H groups in total. The maximum atomic E-state index is 11.5. The van der Waals surface area contributed by atoms with Gasteiger partial charge >= 0.3 is 5.97 Å². The van der Waals surface area contributed by atoms with E-state index < -0.39 is 11.5 Å². The molecule has 28 heavy (non-hydrogen) atoms. The SMILES string of the molecule is NC1(C(=O)O)CCc2ccc(Oc3cccc(-c4ccc(Cl)cc4)c3)cc2C1. The van der Waals surface area contributed by atoms with Gasteiger partial charge in [0.15, 0.2) is 0 Å². The van der Waals surface area contributed by atoms with Crippen molar-refractivity contribution < 1.29 is 14.6 Å². The maximum absolute atomic E-state index is 11.5. The van der Waals surface area contributed by atoms with E-state index in [2.05, 4.69) is 0 Å². The van der Waals surface area contributed by atoms with Crippen LogP contribution < -0.4 is 10.5 Å². The molecule has 0 saturated carbocycles. The van der Waals surface area contributed by atoms with Gasteiger partial charge in [0.05, 0.1) is 0 Å². The van der Waals surface area contributed by atoms with Gasteiger partial charge in [-0.25, -0.2) is 0 Å². The molecule has 1 aliphatic rings. The maximum Gasteiger partial charge on any atom is 0.324 e. The predicted molar refractivity (Wildman–Crippen MR) is 110 cm³/mol. The lowest BCUT2D eigenvalue weighted by Gasteiger charge is -2.31. The Kier molecular flexibility index (Phi) is 4.84. The van der Waals surface area contributed by atoms with Gasteiger partial charge in [-0.2, -0.15) is 0 Å². The van der Waals surface area contributed by atoms with Crippen molar-refractivity contribution in [1.82, 2.24) is 0 Å². The van der Waals surface area contributed by atoms with Gasteiger partial charge in [0, 0.05) is 11.4 Å². The molecule has 0 heterocycles. The number of carboxylic acids is 1. The van der Waals surface area contributed by atoms with Crippen LogP contribution in [0.1, 0.15) is 17.5 Å². The van der Waals surface area contributed by atoms with Gasteiger partial charge in [-0.3, -0.25) is 4.79 Å². The summed E-state index contributed by atoms with van der Waals surface area (Å²) >= 11 is 5.96. The smallest absolute Gasteiger partial charge is 0.324 e. The third kappa shape index (κ3) is 3.75. The van der Waals surface area contributed by atoms with E-state index in [-0.39, 0.29) is 0 Å². The third-order valence-electron chi connectivity index (χ3n) is 5.20. The van der Waals surface area contributed by atoms with Crippen LogP contribution in [-0.4, -0.2) is 16.6 Å². The van der Waals surface area contributed by atoms with Crippen LogP contribution in [0.4, 0.5) is 0 Å². The van der Waals surface area contributed by atoms with Crippen LogP contribution in [0.25, 0.3) is 11.1 Å².